The molecule has 1 aromatic heterocycles. The van der Waals surface area contributed by atoms with Gasteiger partial charge in [0, 0.05) is 11.9 Å². The van der Waals surface area contributed by atoms with Gasteiger partial charge in [-0.25, -0.2) is 9.78 Å². The van der Waals surface area contributed by atoms with Crippen LogP contribution < -0.4 is 10.6 Å². The van der Waals surface area contributed by atoms with Crippen molar-refractivity contribution in [3.63, 3.8) is 0 Å². The Morgan fingerprint density at radius 2 is 2.05 bits per heavy atom. The van der Waals surface area contributed by atoms with E-state index in [0.717, 1.165) is 11.3 Å². The van der Waals surface area contributed by atoms with E-state index in [9.17, 15) is 4.79 Å². The van der Waals surface area contributed by atoms with Gasteiger partial charge in [0.1, 0.15) is 0 Å². The third-order valence-corrected chi connectivity index (χ3v) is 3.41. The highest BCUT2D eigenvalue weighted by atomic mass is 32.1. The fourth-order valence-corrected chi connectivity index (χ4v) is 2.40. The number of carbonyl (C=O) groups is 1. The fraction of sp³-hybridized carbons (Fsp3) is 0.286. The van der Waals surface area contributed by atoms with Crippen LogP contribution in [-0.4, -0.2) is 11.0 Å². The molecule has 1 heterocycles. The molecule has 5 heteroatoms. The quantitative estimate of drug-likeness (QED) is 0.896. The van der Waals surface area contributed by atoms with Crippen LogP contribution in [0.3, 0.4) is 0 Å². The highest BCUT2D eigenvalue weighted by Gasteiger charge is 2.08. The maximum Gasteiger partial charge on any atom is 0.321 e. The van der Waals surface area contributed by atoms with Gasteiger partial charge in [0.05, 0.1) is 5.69 Å². The maximum atomic E-state index is 11.7. The Morgan fingerprint density at radius 3 is 2.68 bits per heavy atom. The Bertz CT molecular complexity index is 537. The number of hydrogen-bond donors (Lipinski definition) is 2. The zero-order chi connectivity index (χ0) is 13.7. The van der Waals surface area contributed by atoms with Crippen LogP contribution in [0.5, 0.6) is 0 Å². The van der Waals surface area contributed by atoms with Crippen molar-refractivity contribution in [2.45, 2.75) is 26.3 Å². The van der Waals surface area contributed by atoms with E-state index < -0.39 is 0 Å². The minimum absolute atomic E-state index is 0.228. The van der Waals surface area contributed by atoms with E-state index >= 15 is 0 Å². The highest BCUT2D eigenvalue weighted by molar-refractivity contribution is 7.13. The lowest BCUT2D eigenvalue weighted by Gasteiger charge is -2.05. The summed E-state index contributed by atoms with van der Waals surface area (Å²) < 4.78 is 0. The molecule has 4 nitrogen and oxygen atoms in total. The number of carbonyl (C=O) groups excluding carboxylic acids is 1. The fourth-order valence-electron chi connectivity index (χ4n) is 1.53. The van der Waals surface area contributed by atoms with Gasteiger partial charge >= 0.3 is 6.03 Å². The molecule has 0 atom stereocenters. The predicted octanol–water partition coefficient (Wildman–Crippen LogP) is 3.59. The van der Waals surface area contributed by atoms with E-state index in [4.69, 9.17) is 0 Å². The van der Waals surface area contributed by atoms with Crippen LogP contribution in [-0.2, 0) is 6.54 Å². The third kappa shape index (κ3) is 4.06. The van der Waals surface area contributed by atoms with Gasteiger partial charge in [-0.15, -0.1) is 11.3 Å². The largest absolute Gasteiger partial charge is 0.334 e. The van der Waals surface area contributed by atoms with Crippen molar-refractivity contribution >= 4 is 22.5 Å². The molecular formula is C14H17N3OS. The van der Waals surface area contributed by atoms with Crippen molar-refractivity contribution < 1.29 is 4.79 Å². The van der Waals surface area contributed by atoms with Crippen LogP contribution in [0.2, 0.25) is 0 Å². The first-order valence-corrected chi connectivity index (χ1v) is 7.07. The number of urea groups is 1. The second kappa shape index (κ2) is 6.33. The second-order valence-corrected chi connectivity index (χ2v) is 5.38. The van der Waals surface area contributed by atoms with Gasteiger partial charge in [-0.1, -0.05) is 44.2 Å². The zero-order valence-corrected chi connectivity index (χ0v) is 11.8. The van der Waals surface area contributed by atoms with Crippen LogP contribution in [0.1, 0.15) is 31.0 Å². The van der Waals surface area contributed by atoms with Crippen molar-refractivity contribution in [3.8, 4) is 0 Å². The van der Waals surface area contributed by atoms with E-state index in [-0.39, 0.29) is 6.03 Å². The Hall–Kier alpha value is -1.88. The summed E-state index contributed by atoms with van der Waals surface area (Å²) in [7, 11) is 0. The summed E-state index contributed by atoms with van der Waals surface area (Å²) in [5.74, 6) is 0.374. The monoisotopic (exact) mass is 275 g/mol. The van der Waals surface area contributed by atoms with Gasteiger partial charge in [0.2, 0.25) is 0 Å². The van der Waals surface area contributed by atoms with E-state index in [1.807, 2.05) is 35.7 Å². The van der Waals surface area contributed by atoms with E-state index in [1.54, 1.807) is 0 Å². The highest BCUT2D eigenvalue weighted by Crippen LogP contribution is 2.21. The average Bonchev–Trinajstić information content (AvgIpc) is 2.86. The molecule has 0 radical (unpaired) electrons. The number of aromatic nitrogens is 1. The van der Waals surface area contributed by atoms with E-state index in [1.165, 1.54) is 11.3 Å². The normalized spacial score (nSPS) is 10.5. The molecule has 2 rings (SSSR count). The molecule has 0 aliphatic carbocycles. The molecule has 19 heavy (non-hydrogen) atoms. The lowest BCUT2D eigenvalue weighted by atomic mass is 10.2. The number of amides is 2. The average molecular weight is 275 g/mol. The number of nitrogens with zero attached hydrogens (tertiary/aromatic N) is 1. The number of rotatable bonds is 4. The first-order chi connectivity index (χ1) is 9.15. The molecule has 1 aromatic carbocycles. The molecule has 0 aliphatic heterocycles. The van der Waals surface area contributed by atoms with Gasteiger partial charge in [0.25, 0.3) is 0 Å². The molecule has 0 aliphatic rings. The van der Waals surface area contributed by atoms with Crippen LogP contribution in [0.15, 0.2) is 35.7 Å². The van der Waals surface area contributed by atoms with E-state index in [0.29, 0.717) is 17.6 Å². The molecule has 0 unspecified atom stereocenters. The smallest absolute Gasteiger partial charge is 0.321 e. The molecule has 0 bridgehead atoms. The molecule has 0 spiro atoms. The summed E-state index contributed by atoms with van der Waals surface area (Å²) in [6, 6.07) is 9.57. The van der Waals surface area contributed by atoms with Crippen molar-refractivity contribution in [3.05, 3.63) is 47.0 Å². The Kier molecular flexibility index (Phi) is 4.52. The standard InChI is InChI=1S/C14H17N3OS/c1-10(2)12-9-19-14(16-12)17-13(18)15-8-11-6-4-3-5-7-11/h3-7,9-10H,8H2,1-2H3,(H2,15,16,17,18). The Balaban J connectivity index is 1.84. The van der Waals surface area contributed by atoms with Crippen LogP contribution in [0.25, 0.3) is 0 Å². The third-order valence-electron chi connectivity index (χ3n) is 2.63. The maximum absolute atomic E-state index is 11.7. The minimum Gasteiger partial charge on any atom is -0.334 e. The minimum atomic E-state index is -0.228. The second-order valence-electron chi connectivity index (χ2n) is 4.53. The summed E-state index contributed by atoms with van der Waals surface area (Å²) in [6.07, 6.45) is 0. The number of hydrogen-bond acceptors (Lipinski definition) is 3. The lowest BCUT2D eigenvalue weighted by molar-refractivity contribution is 0.251. The first kappa shape index (κ1) is 13.5. The number of anilines is 1. The predicted molar refractivity (Wildman–Crippen MR) is 78.5 cm³/mol. The Morgan fingerprint density at radius 1 is 1.32 bits per heavy atom. The number of thiazole rings is 1. The molecule has 2 aromatic rings. The van der Waals surface area contributed by atoms with Crippen LogP contribution in [0, 0.1) is 0 Å². The lowest BCUT2D eigenvalue weighted by Crippen LogP contribution is -2.28. The molecule has 2 N–H and O–H groups in total. The van der Waals surface area contributed by atoms with Gasteiger partial charge in [-0.2, -0.15) is 0 Å². The van der Waals surface area contributed by atoms with Gasteiger partial charge in [0.15, 0.2) is 5.13 Å². The van der Waals surface area contributed by atoms with Gasteiger partial charge < -0.3 is 5.32 Å². The van der Waals surface area contributed by atoms with Crippen molar-refractivity contribution in [1.29, 1.82) is 0 Å². The van der Waals surface area contributed by atoms with Gasteiger partial charge in [-0.05, 0) is 11.5 Å². The summed E-state index contributed by atoms with van der Waals surface area (Å²) in [5.41, 5.74) is 2.07. The SMILES string of the molecule is CC(C)c1csc(NC(=O)NCc2ccccc2)n1. The van der Waals surface area contributed by atoms with E-state index in [2.05, 4.69) is 29.5 Å². The van der Waals surface area contributed by atoms with Crippen LogP contribution >= 0.6 is 11.3 Å². The molecule has 2 amide bonds. The molecule has 0 saturated heterocycles. The summed E-state index contributed by atoms with van der Waals surface area (Å²) >= 11 is 1.44. The summed E-state index contributed by atoms with van der Waals surface area (Å²) in [4.78, 5) is 16.1. The van der Waals surface area contributed by atoms with Crippen molar-refractivity contribution in [2.24, 2.45) is 0 Å². The zero-order valence-electron chi connectivity index (χ0n) is 11.0. The summed E-state index contributed by atoms with van der Waals surface area (Å²) in [5, 5.41) is 8.15. The molecule has 0 fully saturated rings. The first-order valence-electron chi connectivity index (χ1n) is 6.19. The molecular weight excluding hydrogens is 258 g/mol. The van der Waals surface area contributed by atoms with Crippen molar-refractivity contribution in [1.82, 2.24) is 10.3 Å². The number of nitrogens with one attached hydrogen (secondary N) is 2. The topological polar surface area (TPSA) is 54.0 Å². The molecule has 0 saturated carbocycles. The van der Waals surface area contributed by atoms with Crippen LogP contribution in [0.4, 0.5) is 9.93 Å². The Labute approximate surface area is 116 Å². The van der Waals surface area contributed by atoms with Crippen molar-refractivity contribution in [2.75, 3.05) is 5.32 Å². The molecule has 100 valence electrons. The summed E-state index contributed by atoms with van der Waals surface area (Å²) in [6.45, 7) is 4.66. The van der Waals surface area contributed by atoms with Gasteiger partial charge in [-0.3, -0.25) is 5.32 Å². The number of benzene rings is 1.